The van der Waals surface area contributed by atoms with Crippen LogP contribution in [0.25, 0.3) is 0 Å². The summed E-state index contributed by atoms with van der Waals surface area (Å²) in [5.41, 5.74) is 1.05. The van der Waals surface area contributed by atoms with E-state index in [9.17, 15) is 4.79 Å². The standard InChI is InChI=1S/C14H17BrClNO/c1-10-6-7-17(13(10)9-16)14(18)8-11-2-4-12(15)5-3-11/h2-5,10,13H,6-9H2,1H3. The summed E-state index contributed by atoms with van der Waals surface area (Å²) in [4.78, 5) is 14.2. The molecule has 1 saturated heterocycles. The first-order valence-corrected chi connectivity index (χ1v) is 7.54. The lowest BCUT2D eigenvalue weighted by atomic mass is 10.0. The van der Waals surface area contributed by atoms with Gasteiger partial charge in [-0.05, 0) is 30.0 Å². The number of alkyl halides is 1. The summed E-state index contributed by atoms with van der Waals surface area (Å²) < 4.78 is 1.03. The molecule has 2 rings (SSSR count). The molecule has 0 bridgehead atoms. The third kappa shape index (κ3) is 3.07. The van der Waals surface area contributed by atoms with Gasteiger partial charge in [0.05, 0.1) is 6.42 Å². The minimum atomic E-state index is 0.187. The maximum atomic E-state index is 12.3. The molecular weight excluding hydrogens is 314 g/mol. The van der Waals surface area contributed by atoms with Gasteiger partial charge in [0.1, 0.15) is 0 Å². The number of hydrogen-bond acceptors (Lipinski definition) is 1. The maximum Gasteiger partial charge on any atom is 0.227 e. The fourth-order valence-corrected chi connectivity index (χ4v) is 3.17. The van der Waals surface area contributed by atoms with Crippen molar-refractivity contribution in [1.82, 2.24) is 4.90 Å². The summed E-state index contributed by atoms with van der Waals surface area (Å²) in [5, 5.41) is 0. The third-order valence-corrected chi connectivity index (χ3v) is 4.47. The van der Waals surface area contributed by atoms with Crippen molar-refractivity contribution in [3.05, 3.63) is 34.3 Å². The highest BCUT2D eigenvalue weighted by Crippen LogP contribution is 2.25. The van der Waals surface area contributed by atoms with E-state index in [-0.39, 0.29) is 11.9 Å². The Morgan fingerprint density at radius 3 is 2.72 bits per heavy atom. The molecule has 0 aromatic heterocycles. The van der Waals surface area contributed by atoms with Crippen molar-refractivity contribution in [2.75, 3.05) is 12.4 Å². The first-order valence-electron chi connectivity index (χ1n) is 6.21. The van der Waals surface area contributed by atoms with Crippen LogP contribution in [0.2, 0.25) is 0 Å². The van der Waals surface area contributed by atoms with Gasteiger partial charge in [0, 0.05) is 22.9 Å². The average Bonchev–Trinajstić information content (AvgIpc) is 2.73. The molecule has 1 amide bonds. The Morgan fingerprint density at radius 2 is 2.11 bits per heavy atom. The summed E-state index contributed by atoms with van der Waals surface area (Å²) in [6.07, 6.45) is 1.52. The van der Waals surface area contributed by atoms with E-state index in [1.807, 2.05) is 29.2 Å². The Bertz CT molecular complexity index is 420. The highest BCUT2D eigenvalue weighted by molar-refractivity contribution is 9.10. The van der Waals surface area contributed by atoms with Crippen LogP contribution < -0.4 is 0 Å². The molecule has 0 N–H and O–H groups in total. The number of rotatable bonds is 3. The Balaban J connectivity index is 2.01. The lowest BCUT2D eigenvalue weighted by Gasteiger charge is -2.25. The molecule has 0 aliphatic carbocycles. The molecule has 1 aromatic rings. The van der Waals surface area contributed by atoms with Gasteiger partial charge in [0.15, 0.2) is 0 Å². The largest absolute Gasteiger partial charge is 0.338 e. The molecular formula is C14H17BrClNO. The van der Waals surface area contributed by atoms with Crippen molar-refractivity contribution in [3.63, 3.8) is 0 Å². The highest BCUT2D eigenvalue weighted by atomic mass is 79.9. The Labute approximate surface area is 121 Å². The van der Waals surface area contributed by atoms with Gasteiger partial charge >= 0.3 is 0 Å². The Hall–Kier alpha value is -0.540. The van der Waals surface area contributed by atoms with Gasteiger partial charge in [-0.25, -0.2) is 0 Å². The van der Waals surface area contributed by atoms with E-state index >= 15 is 0 Å². The molecule has 1 aliphatic rings. The fourth-order valence-electron chi connectivity index (χ4n) is 2.43. The molecule has 4 heteroatoms. The number of hydrogen-bond donors (Lipinski definition) is 0. The molecule has 2 unspecified atom stereocenters. The molecule has 18 heavy (non-hydrogen) atoms. The van der Waals surface area contributed by atoms with Crippen molar-refractivity contribution >= 4 is 33.4 Å². The molecule has 98 valence electrons. The topological polar surface area (TPSA) is 20.3 Å². The molecule has 2 atom stereocenters. The first-order chi connectivity index (χ1) is 8.61. The minimum Gasteiger partial charge on any atom is -0.338 e. The predicted octanol–water partition coefficient (Wildman–Crippen LogP) is 3.47. The number of halogens is 2. The zero-order valence-electron chi connectivity index (χ0n) is 10.4. The average molecular weight is 331 g/mol. The molecule has 1 fully saturated rings. The van der Waals surface area contributed by atoms with E-state index in [0.717, 1.165) is 23.0 Å². The van der Waals surface area contributed by atoms with Gasteiger partial charge in [-0.15, -0.1) is 11.6 Å². The molecule has 0 radical (unpaired) electrons. The van der Waals surface area contributed by atoms with Crippen LogP contribution in [0.15, 0.2) is 28.7 Å². The summed E-state index contributed by atoms with van der Waals surface area (Å²) >= 11 is 9.36. The van der Waals surface area contributed by atoms with E-state index in [2.05, 4.69) is 22.9 Å². The third-order valence-electron chi connectivity index (χ3n) is 3.63. The van der Waals surface area contributed by atoms with Gasteiger partial charge in [-0.1, -0.05) is 35.0 Å². The van der Waals surface area contributed by atoms with Crippen molar-refractivity contribution in [2.45, 2.75) is 25.8 Å². The van der Waals surface area contributed by atoms with Gasteiger partial charge in [0.2, 0.25) is 5.91 Å². The van der Waals surface area contributed by atoms with E-state index in [0.29, 0.717) is 18.2 Å². The lowest BCUT2D eigenvalue weighted by Crippen LogP contribution is -2.39. The predicted molar refractivity (Wildman–Crippen MR) is 77.8 cm³/mol. The second-order valence-electron chi connectivity index (χ2n) is 4.88. The number of carbonyl (C=O) groups is 1. The number of nitrogens with zero attached hydrogens (tertiary/aromatic N) is 1. The molecule has 2 nitrogen and oxygen atoms in total. The van der Waals surface area contributed by atoms with Crippen molar-refractivity contribution < 1.29 is 4.79 Å². The van der Waals surface area contributed by atoms with Crippen molar-refractivity contribution in [3.8, 4) is 0 Å². The molecule has 1 heterocycles. The van der Waals surface area contributed by atoms with E-state index in [4.69, 9.17) is 11.6 Å². The van der Waals surface area contributed by atoms with Gasteiger partial charge in [0.25, 0.3) is 0 Å². The van der Waals surface area contributed by atoms with Crippen LogP contribution in [0.1, 0.15) is 18.9 Å². The molecule has 1 aromatic carbocycles. The zero-order chi connectivity index (χ0) is 13.1. The molecule has 1 aliphatic heterocycles. The number of likely N-dealkylation sites (tertiary alicyclic amines) is 1. The summed E-state index contributed by atoms with van der Waals surface area (Å²) in [6.45, 7) is 3.01. The van der Waals surface area contributed by atoms with Crippen molar-refractivity contribution in [1.29, 1.82) is 0 Å². The Kier molecular flexibility index (Phi) is 4.68. The van der Waals surface area contributed by atoms with Crippen LogP contribution in [-0.4, -0.2) is 29.3 Å². The molecule has 0 saturated carbocycles. The van der Waals surface area contributed by atoms with Gasteiger partial charge in [-0.3, -0.25) is 4.79 Å². The van der Waals surface area contributed by atoms with Gasteiger partial charge < -0.3 is 4.90 Å². The van der Waals surface area contributed by atoms with E-state index in [1.165, 1.54) is 0 Å². The Morgan fingerprint density at radius 1 is 1.44 bits per heavy atom. The second kappa shape index (κ2) is 6.07. The van der Waals surface area contributed by atoms with E-state index in [1.54, 1.807) is 0 Å². The lowest BCUT2D eigenvalue weighted by molar-refractivity contribution is -0.131. The van der Waals surface area contributed by atoms with Crippen LogP contribution in [0, 0.1) is 5.92 Å². The smallest absolute Gasteiger partial charge is 0.227 e. The SMILES string of the molecule is CC1CCN(C(=O)Cc2ccc(Br)cc2)C1CCl. The van der Waals surface area contributed by atoms with Crippen LogP contribution in [0.3, 0.4) is 0 Å². The monoisotopic (exact) mass is 329 g/mol. The van der Waals surface area contributed by atoms with Crippen LogP contribution in [-0.2, 0) is 11.2 Å². The second-order valence-corrected chi connectivity index (χ2v) is 6.10. The fraction of sp³-hybridized carbons (Fsp3) is 0.500. The van der Waals surface area contributed by atoms with Crippen LogP contribution >= 0.6 is 27.5 Å². The number of benzene rings is 1. The maximum absolute atomic E-state index is 12.3. The summed E-state index contributed by atoms with van der Waals surface area (Å²) in [7, 11) is 0. The zero-order valence-corrected chi connectivity index (χ0v) is 12.7. The first kappa shape index (κ1) is 13.9. The minimum absolute atomic E-state index is 0.187. The molecule has 0 spiro atoms. The highest BCUT2D eigenvalue weighted by Gasteiger charge is 2.33. The number of amides is 1. The van der Waals surface area contributed by atoms with E-state index < -0.39 is 0 Å². The summed E-state index contributed by atoms with van der Waals surface area (Å²) in [6, 6.07) is 8.10. The van der Waals surface area contributed by atoms with Crippen molar-refractivity contribution in [2.24, 2.45) is 5.92 Å². The summed E-state index contributed by atoms with van der Waals surface area (Å²) in [5.74, 6) is 1.23. The van der Waals surface area contributed by atoms with Crippen LogP contribution in [0.4, 0.5) is 0 Å². The normalized spacial score (nSPS) is 23.4. The number of carbonyl (C=O) groups excluding carboxylic acids is 1. The van der Waals surface area contributed by atoms with Gasteiger partial charge in [-0.2, -0.15) is 0 Å². The van der Waals surface area contributed by atoms with Crippen LogP contribution in [0.5, 0.6) is 0 Å². The quantitative estimate of drug-likeness (QED) is 0.777.